The number of ether oxygens (including phenoxy) is 1. The number of carbonyl (C=O) groups is 1. The summed E-state index contributed by atoms with van der Waals surface area (Å²) >= 11 is 0. The molecule has 0 saturated carbocycles. The predicted molar refractivity (Wildman–Crippen MR) is 87.8 cm³/mol. The largest absolute Gasteiger partial charge is 0.383 e. The average Bonchev–Trinajstić information content (AvgIpc) is 2.58. The first-order valence-electron chi connectivity index (χ1n) is 7.18. The van der Waals surface area contributed by atoms with Crippen LogP contribution in [0.2, 0.25) is 0 Å². The minimum absolute atomic E-state index is 0.0226. The van der Waals surface area contributed by atoms with Crippen molar-refractivity contribution in [1.29, 1.82) is 0 Å². The minimum atomic E-state index is -3.67. The SMILES string of the molecule is COCCNS(=O)(=O)c1ccc(NC(=O)c2ccc(F)c(F)c2)cc1. The number of methoxy groups -OCH3 is 1. The molecule has 2 N–H and O–H groups in total. The molecular formula is C16H16F2N2O4S. The molecule has 2 aromatic carbocycles. The summed E-state index contributed by atoms with van der Waals surface area (Å²) in [6, 6.07) is 8.19. The maximum absolute atomic E-state index is 13.2. The van der Waals surface area contributed by atoms with Gasteiger partial charge in [-0.1, -0.05) is 0 Å². The van der Waals surface area contributed by atoms with Gasteiger partial charge in [0.05, 0.1) is 11.5 Å². The fourth-order valence-corrected chi connectivity index (χ4v) is 2.93. The summed E-state index contributed by atoms with van der Waals surface area (Å²) < 4.78 is 57.2. The highest BCUT2D eigenvalue weighted by Crippen LogP contribution is 2.16. The molecule has 2 aromatic rings. The Hall–Kier alpha value is -2.36. The van der Waals surface area contributed by atoms with Crippen molar-refractivity contribution in [2.24, 2.45) is 0 Å². The summed E-state index contributed by atoms with van der Waals surface area (Å²) in [5.74, 6) is -2.82. The Bertz CT molecular complexity index is 855. The molecule has 25 heavy (non-hydrogen) atoms. The van der Waals surface area contributed by atoms with E-state index in [0.717, 1.165) is 18.2 Å². The van der Waals surface area contributed by atoms with Gasteiger partial charge in [-0.15, -0.1) is 0 Å². The number of halogens is 2. The van der Waals surface area contributed by atoms with Crippen LogP contribution < -0.4 is 10.0 Å². The second-order valence-corrected chi connectivity index (χ2v) is 6.76. The number of nitrogens with one attached hydrogen (secondary N) is 2. The predicted octanol–water partition coefficient (Wildman–Crippen LogP) is 2.14. The number of sulfonamides is 1. The standard InChI is InChI=1S/C16H16F2N2O4S/c1-24-9-8-19-25(22,23)13-5-3-12(4-6-13)20-16(21)11-2-7-14(17)15(18)10-11/h2-7,10,19H,8-9H2,1H3,(H,20,21). The molecule has 0 aromatic heterocycles. The van der Waals surface area contributed by atoms with Crippen LogP contribution in [-0.4, -0.2) is 34.6 Å². The Kier molecular flexibility index (Phi) is 6.18. The number of rotatable bonds is 7. The highest BCUT2D eigenvalue weighted by atomic mass is 32.2. The molecular weight excluding hydrogens is 354 g/mol. The van der Waals surface area contributed by atoms with Crippen LogP contribution in [0.5, 0.6) is 0 Å². The van der Waals surface area contributed by atoms with Crippen LogP contribution >= 0.6 is 0 Å². The van der Waals surface area contributed by atoms with E-state index >= 15 is 0 Å². The molecule has 134 valence electrons. The van der Waals surface area contributed by atoms with Crippen molar-refractivity contribution in [2.45, 2.75) is 4.90 Å². The van der Waals surface area contributed by atoms with Crippen molar-refractivity contribution in [3.05, 3.63) is 59.7 Å². The van der Waals surface area contributed by atoms with Gasteiger partial charge in [0.15, 0.2) is 11.6 Å². The van der Waals surface area contributed by atoms with Crippen molar-refractivity contribution in [2.75, 3.05) is 25.6 Å². The van der Waals surface area contributed by atoms with Crippen LogP contribution in [0.15, 0.2) is 47.4 Å². The highest BCUT2D eigenvalue weighted by molar-refractivity contribution is 7.89. The lowest BCUT2D eigenvalue weighted by Gasteiger charge is -2.08. The van der Waals surface area contributed by atoms with Crippen LogP contribution in [-0.2, 0) is 14.8 Å². The molecule has 0 atom stereocenters. The quantitative estimate of drug-likeness (QED) is 0.732. The van der Waals surface area contributed by atoms with Gasteiger partial charge in [0, 0.05) is 24.9 Å². The summed E-state index contributed by atoms with van der Waals surface area (Å²) in [5.41, 5.74) is 0.252. The van der Waals surface area contributed by atoms with Crippen LogP contribution in [0.1, 0.15) is 10.4 Å². The van der Waals surface area contributed by atoms with E-state index in [2.05, 4.69) is 10.0 Å². The number of anilines is 1. The summed E-state index contributed by atoms with van der Waals surface area (Å²) in [6.45, 7) is 0.370. The Morgan fingerprint density at radius 1 is 1.08 bits per heavy atom. The fraction of sp³-hybridized carbons (Fsp3) is 0.188. The lowest BCUT2D eigenvalue weighted by molar-refractivity contribution is 0.102. The third-order valence-corrected chi connectivity index (χ3v) is 4.68. The van der Waals surface area contributed by atoms with Gasteiger partial charge in [-0.25, -0.2) is 21.9 Å². The normalized spacial score (nSPS) is 11.3. The fourth-order valence-electron chi connectivity index (χ4n) is 1.92. The molecule has 1 amide bonds. The van der Waals surface area contributed by atoms with E-state index in [9.17, 15) is 22.0 Å². The number of amides is 1. The van der Waals surface area contributed by atoms with Crippen molar-refractivity contribution >= 4 is 21.6 Å². The molecule has 0 radical (unpaired) electrons. The Labute approximate surface area is 143 Å². The maximum Gasteiger partial charge on any atom is 0.255 e. The molecule has 0 bridgehead atoms. The minimum Gasteiger partial charge on any atom is -0.383 e. The molecule has 0 heterocycles. The lowest BCUT2D eigenvalue weighted by Crippen LogP contribution is -2.27. The van der Waals surface area contributed by atoms with Gasteiger partial charge in [0.25, 0.3) is 5.91 Å². The zero-order chi connectivity index (χ0) is 18.4. The topological polar surface area (TPSA) is 84.5 Å². The molecule has 2 rings (SSSR count). The number of benzene rings is 2. The lowest BCUT2D eigenvalue weighted by atomic mass is 10.2. The van der Waals surface area contributed by atoms with Crippen LogP contribution in [0.25, 0.3) is 0 Å². The van der Waals surface area contributed by atoms with Crippen molar-refractivity contribution in [3.8, 4) is 0 Å². The second kappa shape index (κ2) is 8.15. The molecule has 0 spiro atoms. The van der Waals surface area contributed by atoms with Crippen molar-refractivity contribution in [1.82, 2.24) is 4.72 Å². The van der Waals surface area contributed by atoms with Crippen LogP contribution in [0.4, 0.5) is 14.5 Å². The molecule has 6 nitrogen and oxygen atoms in total. The summed E-state index contributed by atoms with van der Waals surface area (Å²) in [5, 5.41) is 2.47. The zero-order valence-electron chi connectivity index (χ0n) is 13.3. The van der Waals surface area contributed by atoms with Gasteiger partial charge in [-0.3, -0.25) is 4.79 Å². The molecule has 9 heteroatoms. The monoisotopic (exact) mass is 370 g/mol. The summed E-state index contributed by atoms with van der Waals surface area (Å²) in [7, 11) is -2.22. The Balaban J connectivity index is 2.07. The average molecular weight is 370 g/mol. The zero-order valence-corrected chi connectivity index (χ0v) is 14.1. The van der Waals surface area contributed by atoms with Gasteiger partial charge >= 0.3 is 0 Å². The summed E-state index contributed by atoms with van der Waals surface area (Å²) in [6.07, 6.45) is 0. The molecule has 0 aliphatic heterocycles. The third-order valence-electron chi connectivity index (χ3n) is 3.20. The van der Waals surface area contributed by atoms with Gasteiger partial charge in [0.2, 0.25) is 10.0 Å². The first kappa shape index (κ1) is 19.0. The van der Waals surface area contributed by atoms with E-state index in [1.165, 1.54) is 31.4 Å². The number of carbonyl (C=O) groups excluding carboxylic acids is 1. The molecule has 0 saturated heterocycles. The van der Waals surface area contributed by atoms with Gasteiger partial charge in [-0.05, 0) is 42.5 Å². The molecule has 0 unspecified atom stereocenters. The van der Waals surface area contributed by atoms with E-state index in [-0.39, 0.29) is 23.6 Å². The van der Waals surface area contributed by atoms with E-state index in [1.807, 2.05) is 0 Å². The van der Waals surface area contributed by atoms with Crippen LogP contribution in [0.3, 0.4) is 0 Å². The smallest absolute Gasteiger partial charge is 0.255 e. The van der Waals surface area contributed by atoms with E-state index < -0.39 is 27.6 Å². The maximum atomic E-state index is 13.2. The van der Waals surface area contributed by atoms with Crippen molar-refractivity contribution < 1.29 is 26.7 Å². The highest BCUT2D eigenvalue weighted by Gasteiger charge is 2.14. The van der Waals surface area contributed by atoms with Crippen molar-refractivity contribution in [3.63, 3.8) is 0 Å². The first-order valence-corrected chi connectivity index (χ1v) is 8.67. The van der Waals surface area contributed by atoms with Gasteiger partial charge < -0.3 is 10.1 Å². The van der Waals surface area contributed by atoms with Crippen LogP contribution in [0, 0.1) is 11.6 Å². The number of hydrogen-bond acceptors (Lipinski definition) is 4. The summed E-state index contributed by atoms with van der Waals surface area (Å²) in [4.78, 5) is 12.0. The van der Waals surface area contributed by atoms with E-state index in [0.29, 0.717) is 5.69 Å². The molecule has 0 aliphatic rings. The van der Waals surface area contributed by atoms with Gasteiger partial charge in [0.1, 0.15) is 0 Å². The molecule has 0 aliphatic carbocycles. The molecule has 0 fully saturated rings. The first-order chi connectivity index (χ1) is 11.8. The van der Waals surface area contributed by atoms with E-state index in [4.69, 9.17) is 4.74 Å². The van der Waals surface area contributed by atoms with E-state index in [1.54, 1.807) is 0 Å². The van der Waals surface area contributed by atoms with Gasteiger partial charge in [-0.2, -0.15) is 0 Å². The Morgan fingerprint density at radius 2 is 1.76 bits per heavy atom. The third kappa shape index (κ3) is 5.05. The second-order valence-electron chi connectivity index (χ2n) is 5.00. The number of hydrogen-bond donors (Lipinski definition) is 2. The Morgan fingerprint density at radius 3 is 2.36 bits per heavy atom.